The third-order valence-electron chi connectivity index (χ3n) is 4.85. The molecule has 0 radical (unpaired) electrons. The lowest BCUT2D eigenvalue weighted by Gasteiger charge is -2.15. The summed E-state index contributed by atoms with van der Waals surface area (Å²) in [7, 11) is -3.62. The van der Waals surface area contributed by atoms with Crippen molar-refractivity contribution in [1.82, 2.24) is 14.8 Å². The van der Waals surface area contributed by atoms with Gasteiger partial charge in [-0.1, -0.05) is 42.5 Å². The molecule has 0 aliphatic rings. The van der Waals surface area contributed by atoms with Crippen molar-refractivity contribution in [3.05, 3.63) is 72.6 Å². The number of anilines is 1. The third-order valence-corrected chi connectivity index (χ3v) is 7.82. The Hall–Kier alpha value is -3.11. The predicted octanol–water partition coefficient (Wildman–Crippen LogP) is 3.96. The predicted molar refractivity (Wildman–Crippen MR) is 129 cm³/mol. The number of aromatic hydroxyl groups is 1. The minimum absolute atomic E-state index is 0.111. The first-order valence-electron chi connectivity index (χ1n) is 10.3. The quantitative estimate of drug-likeness (QED) is 0.253. The summed E-state index contributed by atoms with van der Waals surface area (Å²) < 4.78 is 27.5. The Bertz CT molecular complexity index is 1220. The number of hydrogen-bond donors (Lipinski definition) is 2. The minimum atomic E-state index is -3.62. The van der Waals surface area contributed by atoms with Crippen molar-refractivity contribution in [3.8, 4) is 5.75 Å². The van der Waals surface area contributed by atoms with Gasteiger partial charge in [0.25, 0.3) is 0 Å². The molecule has 33 heavy (non-hydrogen) atoms. The second-order valence-corrected chi connectivity index (χ2v) is 10.6. The van der Waals surface area contributed by atoms with Crippen LogP contribution in [-0.4, -0.2) is 39.4 Å². The molecule has 1 heterocycles. The number of aryl methyl sites for hydroxylation is 1. The van der Waals surface area contributed by atoms with Gasteiger partial charge in [0.05, 0.1) is 10.1 Å². The number of benzene rings is 2. The molecule has 1 amide bonds. The number of hydrogen-bond acceptors (Lipinski definition) is 7. The molecule has 2 N–H and O–H groups in total. The zero-order valence-corrected chi connectivity index (χ0v) is 20.1. The summed E-state index contributed by atoms with van der Waals surface area (Å²) in [6.45, 7) is 7.83. The van der Waals surface area contributed by atoms with Crippen molar-refractivity contribution in [2.45, 2.75) is 47.9 Å². The molecule has 0 bridgehead atoms. The maximum absolute atomic E-state index is 12.9. The van der Waals surface area contributed by atoms with E-state index in [2.05, 4.69) is 22.1 Å². The van der Waals surface area contributed by atoms with Gasteiger partial charge in [-0.15, -0.1) is 16.8 Å². The molecule has 0 spiro atoms. The maximum atomic E-state index is 12.9. The van der Waals surface area contributed by atoms with Crippen LogP contribution in [0, 0.1) is 6.92 Å². The van der Waals surface area contributed by atoms with Crippen LogP contribution in [-0.2, 0) is 26.9 Å². The van der Waals surface area contributed by atoms with Crippen LogP contribution in [0.5, 0.6) is 5.75 Å². The summed E-state index contributed by atoms with van der Waals surface area (Å²) in [4.78, 5) is 13.0. The molecular formula is C23H26N4O4S2. The van der Waals surface area contributed by atoms with Crippen LogP contribution >= 0.6 is 11.8 Å². The van der Waals surface area contributed by atoms with Crippen LogP contribution in [0.4, 0.5) is 5.69 Å². The fraction of sp³-hybridized carbons (Fsp3) is 0.261. The lowest BCUT2D eigenvalue weighted by molar-refractivity contribution is -0.115. The topological polar surface area (TPSA) is 114 Å². The Kier molecular flexibility index (Phi) is 7.93. The normalized spacial score (nSPS) is 12.3. The Labute approximate surface area is 197 Å². The van der Waals surface area contributed by atoms with E-state index in [1.54, 1.807) is 47.0 Å². The summed E-state index contributed by atoms with van der Waals surface area (Å²) in [6, 6.07) is 12.9. The van der Waals surface area contributed by atoms with E-state index in [9.17, 15) is 18.3 Å². The second kappa shape index (κ2) is 10.7. The molecule has 1 aromatic heterocycles. The van der Waals surface area contributed by atoms with E-state index >= 15 is 0 Å². The van der Waals surface area contributed by atoms with Crippen molar-refractivity contribution >= 4 is 33.2 Å². The number of nitrogens with one attached hydrogen (secondary N) is 1. The van der Waals surface area contributed by atoms with Crippen molar-refractivity contribution in [1.29, 1.82) is 0 Å². The molecule has 0 fully saturated rings. The Morgan fingerprint density at radius 3 is 2.45 bits per heavy atom. The molecule has 0 saturated heterocycles. The molecule has 10 heteroatoms. The van der Waals surface area contributed by atoms with Crippen molar-refractivity contribution in [3.63, 3.8) is 0 Å². The molecule has 174 valence electrons. The monoisotopic (exact) mass is 486 g/mol. The van der Waals surface area contributed by atoms with Gasteiger partial charge in [0, 0.05) is 12.2 Å². The molecule has 3 rings (SSSR count). The van der Waals surface area contributed by atoms with Crippen LogP contribution in [0.1, 0.15) is 24.7 Å². The third kappa shape index (κ3) is 6.23. The van der Waals surface area contributed by atoms with E-state index in [-0.39, 0.29) is 28.1 Å². The number of aromatic nitrogens is 3. The Balaban J connectivity index is 1.80. The molecule has 1 unspecified atom stereocenters. The number of carbonyl (C=O) groups is 1. The van der Waals surface area contributed by atoms with Crippen LogP contribution in [0.15, 0.2) is 71.2 Å². The van der Waals surface area contributed by atoms with Crippen LogP contribution < -0.4 is 5.32 Å². The van der Waals surface area contributed by atoms with E-state index in [1.165, 1.54) is 23.9 Å². The molecule has 8 nitrogen and oxygen atoms in total. The van der Waals surface area contributed by atoms with Crippen molar-refractivity contribution in [2.75, 3.05) is 5.32 Å². The highest BCUT2D eigenvalue weighted by atomic mass is 32.2. The number of phenols is 1. The molecule has 2 aromatic carbocycles. The van der Waals surface area contributed by atoms with Gasteiger partial charge in [-0.2, -0.15) is 0 Å². The van der Waals surface area contributed by atoms with Gasteiger partial charge in [-0.3, -0.25) is 4.79 Å². The van der Waals surface area contributed by atoms with Crippen molar-refractivity contribution in [2.24, 2.45) is 0 Å². The molecule has 1 atom stereocenters. The first-order valence-corrected chi connectivity index (χ1v) is 12.9. The van der Waals surface area contributed by atoms with Crippen LogP contribution in [0.2, 0.25) is 0 Å². The zero-order valence-electron chi connectivity index (χ0n) is 18.4. The summed E-state index contributed by atoms with van der Waals surface area (Å²) in [6.07, 6.45) is 2.15. The highest BCUT2D eigenvalue weighted by Gasteiger charge is 2.25. The first kappa shape index (κ1) is 24.5. The van der Waals surface area contributed by atoms with Gasteiger partial charge < -0.3 is 15.0 Å². The van der Waals surface area contributed by atoms with E-state index in [0.717, 1.165) is 5.56 Å². The number of rotatable bonds is 10. The summed E-state index contributed by atoms with van der Waals surface area (Å²) in [5.41, 5.74) is 1.54. The standard InChI is InChI=1S/C23H26N4O4S2/c1-4-14-27-21(15-33(30,31)19-12-6-16(3)7-13-19)25-26-23(27)32-20(5-2)22(29)24-17-8-10-18(28)11-9-17/h4,6-13,20,28H,1,5,14-15H2,2-3H3,(H,24,29). The smallest absolute Gasteiger partial charge is 0.237 e. The average Bonchev–Trinajstić information content (AvgIpc) is 3.14. The number of thioether (sulfide) groups is 1. The number of phenolic OH excluding ortho intramolecular Hbond substituents is 1. The molecule has 0 aliphatic heterocycles. The van der Waals surface area contributed by atoms with Crippen molar-refractivity contribution < 1.29 is 18.3 Å². The second-order valence-electron chi connectivity index (χ2n) is 7.42. The molecule has 3 aromatic rings. The Morgan fingerprint density at radius 1 is 1.18 bits per heavy atom. The van der Waals surface area contributed by atoms with E-state index in [4.69, 9.17) is 0 Å². The van der Waals surface area contributed by atoms with Crippen LogP contribution in [0.25, 0.3) is 0 Å². The number of amides is 1. The largest absolute Gasteiger partial charge is 0.508 e. The summed E-state index contributed by atoms with van der Waals surface area (Å²) in [5.74, 6) is -0.143. The molecular weight excluding hydrogens is 460 g/mol. The van der Waals surface area contributed by atoms with Gasteiger partial charge in [0.2, 0.25) is 5.91 Å². The summed E-state index contributed by atoms with van der Waals surface area (Å²) in [5, 5.41) is 20.5. The number of nitrogens with zero attached hydrogens (tertiary/aromatic N) is 3. The van der Waals surface area contributed by atoms with Gasteiger partial charge in [0.15, 0.2) is 15.0 Å². The fourth-order valence-corrected chi connectivity index (χ4v) is 5.29. The van der Waals surface area contributed by atoms with Gasteiger partial charge in [-0.05, 0) is 49.7 Å². The maximum Gasteiger partial charge on any atom is 0.237 e. The fourth-order valence-electron chi connectivity index (χ4n) is 3.04. The number of carbonyl (C=O) groups excluding carboxylic acids is 1. The molecule has 0 saturated carbocycles. The number of sulfone groups is 1. The van der Waals surface area contributed by atoms with Gasteiger partial charge in [0.1, 0.15) is 17.3 Å². The van der Waals surface area contributed by atoms with E-state index < -0.39 is 15.1 Å². The van der Waals surface area contributed by atoms with Gasteiger partial charge >= 0.3 is 0 Å². The zero-order chi connectivity index (χ0) is 24.0. The van der Waals surface area contributed by atoms with Gasteiger partial charge in [-0.25, -0.2) is 8.42 Å². The lowest BCUT2D eigenvalue weighted by Crippen LogP contribution is -2.25. The first-order chi connectivity index (χ1) is 15.7. The SMILES string of the molecule is C=CCn1c(CS(=O)(=O)c2ccc(C)cc2)nnc1SC(CC)C(=O)Nc1ccc(O)cc1. The highest BCUT2D eigenvalue weighted by molar-refractivity contribution is 8.00. The van der Waals surface area contributed by atoms with E-state index in [1.807, 2.05) is 13.8 Å². The highest BCUT2D eigenvalue weighted by Crippen LogP contribution is 2.27. The average molecular weight is 487 g/mol. The van der Waals surface area contributed by atoms with Crippen LogP contribution in [0.3, 0.4) is 0 Å². The number of allylic oxidation sites excluding steroid dienone is 1. The minimum Gasteiger partial charge on any atom is -0.508 e. The van der Waals surface area contributed by atoms with E-state index in [0.29, 0.717) is 23.8 Å². The lowest BCUT2D eigenvalue weighted by atomic mass is 10.2. The summed E-state index contributed by atoms with van der Waals surface area (Å²) >= 11 is 1.22. The molecule has 0 aliphatic carbocycles. The Morgan fingerprint density at radius 2 is 1.85 bits per heavy atom.